The SMILES string of the molecule is CCCCCCCCCOc1ccc(-c2ncc(-c3ccc(CCCCCCCC)s3)cn2)cc1. The molecule has 0 aliphatic heterocycles. The summed E-state index contributed by atoms with van der Waals surface area (Å²) in [5.41, 5.74) is 2.12. The summed E-state index contributed by atoms with van der Waals surface area (Å²) >= 11 is 1.88. The van der Waals surface area contributed by atoms with Gasteiger partial charge in [-0.15, -0.1) is 11.3 Å². The molecule has 0 N–H and O–H groups in total. The molecule has 0 atom stereocenters. The highest BCUT2D eigenvalue weighted by atomic mass is 32.1. The van der Waals surface area contributed by atoms with Crippen LogP contribution in [0.2, 0.25) is 0 Å². The first-order valence-corrected chi connectivity index (χ1v) is 14.8. The van der Waals surface area contributed by atoms with Crippen LogP contribution < -0.4 is 4.74 Å². The van der Waals surface area contributed by atoms with Crippen LogP contribution in [-0.4, -0.2) is 16.6 Å². The molecule has 0 radical (unpaired) electrons. The van der Waals surface area contributed by atoms with Gasteiger partial charge in [0.25, 0.3) is 0 Å². The number of hydrogen-bond donors (Lipinski definition) is 0. The van der Waals surface area contributed by atoms with E-state index in [1.54, 1.807) is 0 Å². The van der Waals surface area contributed by atoms with Crippen LogP contribution >= 0.6 is 11.3 Å². The van der Waals surface area contributed by atoms with Gasteiger partial charge in [0.2, 0.25) is 0 Å². The van der Waals surface area contributed by atoms with Crippen LogP contribution in [0.15, 0.2) is 48.8 Å². The maximum absolute atomic E-state index is 5.92. The van der Waals surface area contributed by atoms with E-state index in [0.29, 0.717) is 0 Å². The topological polar surface area (TPSA) is 35.0 Å². The molecule has 2 aromatic heterocycles. The lowest BCUT2D eigenvalue weighted by Gasteiger charge is -2.07. The molecule has 1 aromatic carbocycles. The average molecular weight is 493 g/mol. The van der Waals surface area contributed by atoms with Gasteiger partial charge in [0.1, 0.15) is 5.75 Å². The Kier molecular flexibility index (Phi) is 12.9. The molecule has 2 heterocycles. The molecule has 0 bridgehead atoms. The first-order valence-electron chi connectivity index (χ1n) is 13.9. The van der Waals surface area contributed by atoms with Crippen LogP contribution in [0, 0.1) is 0 Å². The lowest BCUT2D eigenvalue weighted by Crippen LogP contribution is -1.97. The van der Waals surface area contributed by atoms with E-state index in [2.05, 4.69) is 48.1 Å². The molecule has 0 amide bonds. The standard InChI is InChI=1S/C31H44N2OS/c1-3-5-7-9-11-13-15-23-34-28-19-17-26(18-20-28)31-32-24-27(25-33-31)30-22-21-29(35-30)16-14-12-10-8-6-4-2/h17-22,24-25H,3-16,23H2,1-2H3. The van der Waals surface area contributed by atoms with E-state index in [-0.39, 0.29) is 0 Å². The molecule has 3 nitrogen and oxygen atoms in total. The molecule has 0 aliphatic carbocycles. The summed E-state index contributed by atoms with van der Waals surface area (Å²) in [4.78, 5) is 12.0. The van der Waals surface area contributed by atoms with Crippen molar-refractivity contribution in [2.24, 2.45) is 0 Å². The van der Waals surface area contributed by atoms with E-state index >= 15 is 0 Å². The van der Waals surface area contributed by atoms with Gasteiger partial charge in [-0.3, -0.25) is 0 Å². The monoisotopic (exact) mass is 492 g/mol. The van der Waals surface area contributed by atoms with E-state index in [4.69, 9.17) is 4.74 Å². The fourth-order valence-electron chi connectivity index (χ4n) is 4.30. The van der Waals surface area contributed by atoms with Gasteiger partial charge < -0.3 is 4.74 Å². The summed E-state index contributed by atoms with van der Waals surface area (Å²) in [7, 11) is 0. The number of hydrogen-bond acceptors (Lipinski definition) is 4. The zero-order valence-corrected chi connectivity index (χ0v) is 22.8. The van der Waals surface area contributed by atoms with Gasteiger partial charge in [-0.05, 0) is 55.7 Å². The van der Waals surface area contributed by atoms with E-state index in [9.17, 15) is 0 Å². The van der Waals surface area contributed by atoms with Crippen molar-refractivity contribution in [3.8, 4) is 27.6 Å². The maximum Gasteiger partial charge on any atom is 0.159 e. The van der Waals surface area contributed by atoms with Crippen LogP contribution in [0.3, 0.4) is 0 Å². The quantitative estimate of drug-likeness (QED) is 0.166. The highest BCUT2D eigenvalue weighted by Gasteiger charge is 2.07. The number of thiophene rings is 1. The van der Waals surface area contributed by atoms with Gasteiger partial charge >= 0.3 is 0 Å². The third-order valence-corrected chi connectivity index (χ3v) is 7.70. The number of unbranched alkanes of at least 4 members (excludes halogenated alkanes) is 11. The Morgan fingerprint density at radius 3 is 1.89 bits per heavy atom. The van der Waals surface area contributed by atoms with Crippen LogP contribution in [0.5, 0.6) is 5.75 Å². The van der Waals surface area contributed by atoms with E-state index in [1.165, 1.54) is 93.2 Å². The molecule has 0 saturated carbocycles. The van der Waals surface area contributed by atoms with Gasteiger partial charge in [-0.1, -0.05) is 84.5 Å². The van der Waals surface area contributed by atoms with Crippen molar-refractivity contribution < 1.29 is 4.74 Å². The predicted octanol–water partition coefficient (Wildman–Crippen LogP) is 9.90. The smallest absolute Gasteiger partial charge is 0.159 e. The first-order chi connectivity index (χ1) is 17.3. The second-order valence-corrected chi connectivity index (χ2v) is 10.7. The Morgan fingerprint density at radius 1 is 0.629 bits per heavy atom. The number of aryl methyl sites for hydroxylation is 1. The van der Waals surface area contributed by atoms with Gasteiger partial charge in [0.15, 0.2) is 5.82 Å². The maximum atomic E-state index is 5.92. The first kappa shape index (κ1) is 27.4. The highest BCUT2D eigenvalue weighted by molar-refractivity contribution is 7.15. The second-order valence-electron chi connectivity index (χ2n) is 9.57. The van der Waals surface area contributed by atoms with Gasteiger partial charge in [-0.2, -0.15) is 0 Å². The minimum absolute atomic E-state index is 0.760. The van der Waals surface area contributed by atoms with Crippen LogP contribution in [0.1, 0.15) is 102 Å². The largest absolute Gasteiger partial charge is 0.494 e. The molecule has 0 spiro atoms. The van der Waals surface area contributed by atoms with Crippen molar-refractivity contribution in [1.29, 1.82) is 0 Å². The molecular weight excluding hydrogens is 448 g/mol. The summed E-state index contributed by atoms with van der Waals surface area (Å²) in [6, 6.07) is 12.7. The number of ether oxygens (including phenoxy) is 1. The Balaban J connectivity index is 1.40. The number of rotatable bonds is 18. The lowest BCUT2D eigenvalue weighted by atomic mass is 10.1. The Labute approximate surface area is 217 Å². The van der Waals surface area contributed by atoms with Gasteiger partial charge in [0, 0.05) is 33.3 Å². The third kappa shape index (κ3) is 10.1. The van der Waals surface area contributed by atoms with Crippen molar-refractivity contribution in [2.45, 2.75) is 104 Å². The van der Waals surface area contributed by atoms with Gasteiger partial charge in [0.05, 0.1) is 6.61 Å². The molecule has 0 aliphatic rings. The molecular formula is C31H44N2OS. The fraction of sp³-hybridized carbons (Fsp3) is 0.548. The minimum Gasteiger partial charge on any atom is -0.494 e. The molecule has 3 aromatic rings. The molecule has 190 valence electrons. The molecule has 0 unspecified atom stereocenters. The predicted molar refractivity (Wildman–Crippen MR) is 151 cm³/mol. The summed E-state index contributed by atoms with van der Waals surface area (Å²) in [6.45, 7) is 5.32. The van der Waals surface area contributed by atoms with Gasteiger partial charge in [-0.25, -0.2) is 9.97 Å². The van der Waals surface area contributed by atoms with Crippen LogP contribution in [0.25, 0.3) is 21.8 Å². The van der Waals surface area contributed by atoms with Crippen LogP contribution in [-0.2, 0) is 6.42 Å². The normalized spacial score (nSPS) is 11.1. The average Bonchev–Trinajstić information content (AvgIpc) is 3.37. The minimum atomic E-state index is 0.760. The number of nitrogens with zero attached hydrogens (tertiary/aromatic N) is 2. The number of benzene rings is 1. The Hall–Kier alpha value is -2.20. The van der Waals surface area contributed by atoms with Crippen molar-refractivity contribution in [3.63, 3.8) is 0 Å². The van der Waals surface area contributed by atoms with E-state index in [1.807, 2.05) is 35.9 Å². The molecule has 4 heteroatoms. The summed E-state index contributed by atoms with van der Waals surface area (Å²) in [5.74, 6) is 1.68. The second kappa shape index (κ2) is 16.5. The van der Waals surface area contributed by atoms with E-state index < -0.39 is 0 Å². The molecule has 3 rings (SSSR count). The molecule has 0 saturated heterocycles. The third-order valence-electron chi connectivity index (χ3n) is 6.50. The zero-order chi connectivity index (χ0) is 24.6. The van der Waals surface area contributed by atoms with Crippen molar-refractivity contribution in [2.75, 3.05) is 6.61 Å². The van der Waals surface area contributed by atoms with E-state index in [0.717, 1.165) is 35.7 Å². The number of aromatic nitrogens is 2. The zero-order valence-electron chi connectivity index (χ0n) is 21.9. The molecule has 35 heavy (non-hydrogen) atoms. The Morgan fingerprint density at radius 2 is 1.23 bits per heavy atom. The Bertz CT molecular complexity index is 933. The molecule has 0 fully saturated rings. The van der Waals surface area contributed by atoms with Crippen molar-refractivity contribution in [1.82, 2.24) is 9.97 Å². The highest BCUT2D eigenvalue weighted by Crippen LogP contribution is 2.29. The summed E-state index contributed by atoms with van der Waals surface area (Å²) in [6.07, 6.45) is 22.3. The fourth-order valence-corrected chi connectivity index (χ4v) is 5.33. The van der Waals surface area contributed by atoms with Crippen molar-refractivity contribution in [3.05, 3.63) is 53.7 Å². The van der Waals surface area contributed by atoms with Crippen molar-refractivity contribution >= 4 is 11.3 Å². The summed E-state index contributed by atoms with van der Waals surface area (Å²) in [5, 5.41) is 0. The van der Waals surface area contributed by atoms with Crippen LogP contribution in [0.4, 0.5) is 0 Å². The summed E-state index contributed by atoms with van der Waals surface area (Å²) < 4.78 is 5.92. The lowest BCUT2D eigenvalue weighted by molar-refractivity contribution is 0.304.